The first kappa shape index (κ1) is 17.8. The van der Waals surface area contributed by atoms with Crippen LogP contribution in [0.15, 0.2) is 74.5 Å². The molecular weight excluding hydrogens is 356 g/mol. The Morgan fingerprint density at radius 2 is 1.75 bits per heavy atom. The summed E-state index contributed by atoms with van der Waals surface area (Å²) in [6.07, 6.45) is 1.48. The summed E-state index contributed by atoms with van der Waals surface area (Å²) < 4.78 is 17.0. The fourth-order valence-corrected chi connectivity index (χ4v) is 2.98. The SMILES string of the molecule is Cc1cc2oc(-c3ccco3)c(OCC(=O)c3ccccc3)c(=O)c2cc1C. The molecule has 0 amide bonds. The van der Waals surface area contributed by atoms with Gasteiger partial charge in [0.15, 0.2) is 18.2 Å². The number of benzene rings is 2. The summed E-state index contributed by atoms with van der Waals surface area (Å²) in [4.78, 5) is 25.5. The lowest BCUT2D eigenvalue weighted by Crippen LogP contribution is -2.17. The molecule has 0 atom stereocenters. The van der Waals surface area contributed by atoms with E-state index < -0.39 is 0 Å². The first-order valence-electron chi connectivity index (χ1n) is 8.87. The molecule has 2 heterocycles. The van der Waals surface area contributed by atoms with E-state index in [2.05, 4.69) is 0 Å². The van der Waals surface area contributed by atoms with Crippen LogP contribution in [0.25, 0.3) is 22.5 Å². The van der Waals surface area contributed by atoms with Gasteiger partial charge in [-0.1, -0.05) is 30.3 Å². The Morgan fingerprint density at radius 1 is 1.00 bits per heavy atom. The molecule has 0 spiro atoms. The third-order valence-corrected chi connectivity index (χ3v) is 4.65. The van der Waals surface area contributed by atoms with Gasteiger partial charge in [-0.3, -0.25) is 9.59 Å². The lowest BCUT2D eigenvalue weighted by atomic mass is 10.1. The van der Waals surface area contributed by atoms with Gasteiger partial charge >= 0.3 is 0 Å². The maximum atomic E-state index is 13.1. The van der Waals surface area contributed by atoms with Gasteiger partial charge in [0.25, 0.3) is 0 Å². The van der Waals surface area contributed by atoms with E-state index in [4.69, 9.17) is 13.6 Å². The number of aryl methyl sites for hydroxylation is 2. The molecule has 0 unspecified atom stereocenters. The largest absolute Gasteiger partial charge is 0.478 e. The molecule has 28 heavy (non-hydrogen) atoms. The van der Waals surface area contributed by atoms with E-state index in [0.29, 0.717) is 22.3 Å². The van der Waals surface area contributed by atoms with Crippen molar-refractivity contribution in [3.63, 3.8) is 0 Å². The van der Waals surface area contributed by atoms with E-state index >= 15 is 0 Å². The average molecular weight is 374 g/mol. The minimum absolute atomic E-state index is 0.0324. The lowest BCUT2D eigenvalue weighted by molar-refractivity contribution is 0.0920. The quantitative estimate of drug-likeness (QED) is 0.463. The van der Waals surface area contributed by atoms with E-state index in [1.807, 2.05) is 26.0 Å². The number of carbonyl (C=O) groups is 1. The van der Waals surface area contributed by atoms with Crippen LogP contribution in [-0.4, -0.2) is 12.4 Å². The highest BCUT2D eigenvalue weighted by Gasteiger charge is 2.21. The molecule has 0 bridgehead atoms. The van der Waals surface area contributed by atoms with Gasteiger partial charge in [0, 0.05) is 5.56 Å². The molecule has 0 aliphatic rings. The molecule has 0 aliphatic carbocycles. The number of hydrogen-bond donors (Lipinski definition) is 0. The molecule has 0 aliphatic heterocycles. The normalized spacial score (nSPS) is 10.9. The summed E-state index contributed by atoms with van der Waals surface area (Å²) in [7, 11) is 0. The number of furan rings is 1. The molecule has 0 radical (unpaired) electrons. The minimum atomic E-state index is -0.336. The van der Waals surface area contributed by atoms with Gasteiger partial charge in [-0.15, -0.1) is 0 Å². The van der Waals surface area contributed by atoms with Gasteiger partial charge < -0.3 is 13.6 Å². The van der Waals surface area contributed by atoms with Crippen LogP contribution in [0.1, 0.15) is 21.5 Å². The summed E-state index contributed by atoms with van der Waals surface area (Å²) >= 11 is 0. The zero-order chi connectivity index (χ0) is 19.7. The predicted octanol–water partition coefficient (Wildman–Crippen LogP) is 4.93. The number of rotatable bonds is 5. The highest BCUT2D eigenvalue weighted by molar-refractivity contribution is 5.97. The van der Waals surface area contributed by atoms with E-state index in [-0.39, 0.29) is 29.3 Å². The van der Waals surface area contributed by atoms with Crippen LogP contribution in [0.5, 0.6) is 5.75 Å². The Labute approximate surface area is 161 Å². The molecule has 5 nitrogen and oxygen atoms in total. The first-order chi connectivity index (χ1) is 13.5. The van der Waals surface area contributed by atoms with Crippen LogP contribution in [0, 0.1) is 13.8 Å². The Hall–Kier alpha value is -3.60. The summed E-state index contributed by atoms with van der Waals surface area (Å²) in [6.45, 7) is 3.59. The van der Waals surface area contributed by atoms with Gasteiger partial charge in [-0.2, -0.15) is 0 Å². The second kappa shape index (κ2) is 7.19. The van der Waals surface area contributed by atoms with Crippen molar-refractivity contribution in [3.05, 3.63) is 87.8 Å². The molecule has 4 rings (SSSR count). The van der Waals surface area contributed by atoms with Crippen molar-refractivity contribution in [2.24, 2.45) is 0 Å². The molecule has 4 aromatic rings. The van der Waals surface area contributed by atoms with Crippen LogP contribution in [0.4, 0.5) is 0 Å². The molecule has 0 saturated carbocycles. The average Bonchev–Trinajstić information content (AvgIpc) is 3.24. The third-order valence-electron chi connectivity index (χ3n) is 4.65. The maximum absolute atomic E-state index is 13.1. The molecule has 140 valence electrons. The van der Waals surface area contributed by atoms with Gasteiger partial charge in [0.05, 0.1) is 11.6 Å². The zero-order valence-corrected chi connectivity index (χ0v) is 15.5. The lowest BCUT2D eigenvalue weighted by Gasteiger charge is -2.11. The summed E-state index contributed by atoms with van der Waals surface area (Å²) in [5.41, 5.74) is 2.60. The fourth-order valence-electron chi connectivity index (χ4n) is 2.98. The Kier molecular flexibility index (Phi) is 4.57. The molecule has 2 aromatic carbocycles. The zero-order valence-electron chi connectivity index (χ0n) is 15.5. The van der Waals surface area contributed by atoms with Gasteiger partial charge in [0.2, 0.25) is 16.9 Å². The topological polar surface area (TPSA) is 69.7 Å². The first-order valence-corrected chi connectivity index (χ1v) is 8.87. The van der Waals surface area contributed by atoms with Crippen molar-refractivity contribution in [2.45, 2.75) is 13.8 Å². The third kappa shape index (κ3) is 3.22. The van der Waals surface area contributed by atoms with Crippen LogP contribution >= 0.6 is 0 Å². The van der Waals surface area contributed by atoms with Crippen molar-refractivity contribution in [3.8, 4) is 17.3 Å². The second-order valence-corrected chi connectivity index (χ2v) is 6.58. The highest BCUT2D eigenvalue weighted by atomic mass is 16.5. The minimum Gasteiger partial charge on any atom is -0.478 e. The van der Waals surface area contributed by atoms with E-state index in [1.165, 1.54) is 6.26 Å². The molecule has 0 fully saturated rings. The maximum Gasteiger partial charge on any atom is 0.235 e. The van der Waals surface area contributed by atoms with Gasteiger partial charge in [0.1, 0.15) is 5.58 Å². The van der Waals surface area contributed by atoms with Crippen molar-refractivity contribution in [1.82, 2.24) is 0 Å². The van der Waals surface area contributed by atoms with E-state index in [1.54, 1.807) is 42.5 Å². The Morgan fingerprint density at radius 3 is 2.46 bits per heavy atom. The second-order valence-electron chi connectivity index (χ2n) is 6.58. The number of carbonyl (C=O) groups excluding carboxylic acids is 1. The van der Waals surface area contributed by atoms with Crippen molar-refractivity contribution in [1.29, 1.82) is 0 Å². The Bertz CT molecular complexity index is 1200. The van der Waals surface area contributed by atoms with E-state index in [0.717, 1.165) is 11.1 Å². The smallest absolute Gasteiger partial charge is 0.235 e. The van der Waals surface area contributed by atoms with Crippen LogP contribution in [0.2, 0.25) is 0 Å². The summed E-state index contributed by atoms with van der Waals surface area (Å²) in [5.74, 6) is 0.270. The number of hydrogen-bond acceptors (Lipinski definition) is 5. The van der Waals surface area contributed by atoms with E-state index in [9.17, 15) is 9.59 Å². The van der Waals surface area contributed by atoms with Crippen molar-refractivity contribution < 1.29 is 18.4 Å². The van der Waals surface area contributed by atoms with Crippen molar-refractivity contribution in [2.75, 3.05) is 6.61 Å². The molecule has 5 heteroatoms. The monoisotopic (exact) mass is 374 g/mol. The molecule has 0 saturated heterocycles. The van der Waals surface area contributed by atoms with Crippen LogP contribution in [-0.2, 0) is 0 Å². The summed E-state index contributed by atoms with van der Waals surface area (Å²) in [5, 5.41) is 0.403. The number of fused-ring (bicyclic) bond motifs is 1. The van der Waals surface area contributed by atoms with Gasteiger partial charge in [-0.05, 0) is 49.2 Å². The number of Topliss-reactive ketones (excluding diaryl/α,β-unsaturated/α-hetero) is 1. The number of ketones is 1. The fraction of sp³-hybridized carbons (Fsp3) is 0.130. The molecule has 2 aromatic heterocycles. The highest BCUT2D eigenvalue weighted by Crippen LogP contribution is 2.32. The van der Waals surface area contributed by atoms with Crippen LogP contribution < -0.4 is 10.2 Å². The van der Waals surface area contributed by atoms with Crippen molar-refractivity contribution >= 4 is 16.8 Å². The molecular formula is C23H18O5. The summed E-state index contributed by atoms with van der Waals surface area (Å²) in [6, 6.07) is 15.7. The molecule has 0 N–H and O–H groups in total. The van der Waals surface area contributed by atoms with Gasteiger partial charge in [-0.25, -0.2) is 0 Å². The van der Waals surface area contributed by atoms with Crippen LogP contribution in [0.3, 0.4) is 0 Å². The predicted molar refractivity (Wildman–Crippen MR) is 106 cm³/mol. The number of ether oxygens (including phenoxy) is 1. The Balaban J connectivity index is 1.80. The standard InChI is InChI=1S/C23H18O5/c1-14-11-17-20(12-15(14)2)28-22(19-9-6-10-26-19)23(21(17)25)27-13-18(24)16-7-4-3-5-8-16/h3-12H,13H2,1-2H3.